The minimum absolute atomic E-state index is 0.0708. The number of amides is 3. The van der Waals surface area contributed by atoms with Gasteiger partial charge in [0.05, 0.1) is 11.8 Å². The highest BCUT2D eigenvalue weighted by Crippen LogP contribution is 2.65. The van der Waals surface area contributed by atoms with Crippen LogP contribution in [0.4, 0.5) is 5.69 Å². The SMILES string of the molecule is O=C(COC(=O)[C@H](Cc1ccccc1)N1C(=O)[C@@H]2[C@H]3C=C[C@@H]([C@@H]4C[C@H]34)[C@@H]2C1=O)Nc1ccccc1. The van der Waals surface area contributed by atoms with E-state index in [1.165, 1.54) is 0 Å². The van der Waals surface area contributed by atoms with Crippen LogP contribution in [-0.4, -0.2) is 41.2 Å². The molecule has 1 saturated heterocycles. The van der Waals surface area contributed by atoms with Gasteiger partial charge >= 0.3 is 5.97 Å². The van der Waals surface area contributed by atoms with E-state index in [9.17, 15) is 19.2 Å². The van der Waals surface area contributed by atoms with Gasteiger partial charge in [-0.25, -0.2) is 4.79 Å². The molecule has 1 aliphatic heterocycles. The number of para-hydroxylation sites is 1. The summed E-state index contributed by atoms with van der Waals surface area (Å²) in [6.07, 6.45) is 5.43. The molecule has 3 amide bonds. The van der Waals surface area contributed by atoms with Crippen molar-refractivity contribution in [3.63, 3.8) is 0 Å². The summed E-state index contributed by atoms with van der Waals surface area (Å²) in [7, 11) is 0. The fourth-order valence-electron chi connectivity index (χ4n) is 6.36. The zero-order chi connectivity index (χ0) is 24.1. The Bertz CT molecular complexity index is 1170. The molecule has 0 spiro atoms. The molecule has 1 heterocycles. The number of hydrogen-bond acceptors (Lipinski definition) is 5. The quantitative estimate of drug-likeness (QED) is 0.382. The first-order valence-electron chi connectivity index (χ1n) is 12.1. The number of nitrogens with one attached hydrogen (secondary N) is 1. The van der Waals surface area contributed by atoms with Crippen molar-refractivity contribution in [2.45, 2.75) is 18.9 Å². The summed E-state index contributed by atoms with van der Waals surface area (Å²) >= 11 is 0. The predicted molar refractivity (Wildman–Crippen MR) is 127 cm³/mol. The van der Waals surface area contributed by atoms with Crippen molar-refractivity contribution in [3.8, 4) is 0 Å². The summed E-state index contributed by atoms with van der Waals surface area (Å²) in [6, 6.07) is 17.0. The molecule has 1 N–H and O–H groups in total. The monoisotopic (exact) mass is 470 g/mol. The van der Waals surface area contributed by atoms with Gasteiger partial charge in [-0.15, -0.1) is 0 Å². The van der Waals surface area contributed by atoms with Crippen LogP contribution in [-0.2, 0) is 30.3 Å². The maximum atomic E-state index is 13.6. The molecular formula is C28H26N2O5. The van der Waals surface area contributed by atoms with E-state index in [2.05, 4.69) is 17.5 Å². The van der Waals surface area contributed by atoms with Crippen molar-refractivity contribution in [1.29, 1.82) is 0 Å². The molecule has 178 valence electrons. The van der Waals surface area contributed by atoms with Gasteiger partial charge in [0.1, 0.15) is 6.04 Å². The third-order valence-electron chi connectivity index (χ3n) is 7.96. The van der Waals surface area contributed by atoms with Crippen molar-refractivity contribution in [3.05, 3.63) is 78.4 Å². The molecule has 7 rings (SSSR count). The minimum Gasteiger partial charge on any atom is -0.454 e. The van der Waals surface area contributed by atoms with Gasteiger partial charge in [-0.1, -0.05) is 60.7 Å². The molecule has 7 heteroatoms. The molecule has 0 unspecified atom stereocenters. The smallest absolute Gasteiger partial charge is 0.330 e. The van der Waals surface area contributed by atoms with Crippen molar-refractivity contribution >= 4 is 29.4 Å². The van der Waals surface area contributed by atoms with Crippen LogP contribution in [0.25, 0.3) is 0 Å². The Balaban J connectivity index is 1.22. The van der Waals surface area contributed by atoms with Crippen LogP contribution in [0.2, 0.25) is 0 Å². The normalized spacial score (nSPS) is 30.5. The van der Waals surface area contributed by atoms with E-state index >= 15 is 0 Å². The standard InChI is InChI=1S/C28H26N2O5/c31-23(29-17-9-5-2-6-10-17)15-35-28(34)22(13-16-7-3-1-4-8-16)30-26(32)24-18-11-12-19(21-14-20(18)21)25(24)27(30)33/h1-12,18-22,24-25H,13-15H2,(H,29,31)/t18-,19-,20-,21+,22-,24-,25+/m0/s1. The summed E-state index contributed by atoms with van der Waals surface area (Å²) < 4.78 is 5.36. The number of carbonyl (C=O) groups excluding carboxylic acids is 4. The molecule has 3 fully saturated rings. The van der Waals surface area contributed by atoms with E-state index in [1.807, 2.05) is 36.4 Å². The average Bonchev–Trinajstić information content (AvgIpc) is 3.66. The maximum absolute atomic E-state index is 13.6. The minimum atomic E-state index is -1.11. The van der Waals surface area contributed by atoms with Crippen LogP contribution in [0.15, 0.2) is 72.8 Å². The Morgan fingerprint density at radius 3 is 2.06 bits per heavy atom. The molecule has 35 heavy (non-hydrogen) atoms. The lowest BCUT2D eigenvalue weighted by atomic mass is 9.63. The van der Waals surface area contributed by atoms with Gasteiger partial charge in [0.15, 0.2) is 6.61 Å². The molecule has 5 aliphatic rings. The molecule has 0 aromatic heterocycles. The molecule has 7 nitrogen and oxygen atoms in total. The lowest BCUT2D eigenvalue weighted by molar-refractivity contribution is -0.160. The lowest BCUT2D eigenvalue weighted by Gasteiger charge is -2.37. The molecule has 7 atom stereocenters. The summed E-state index contributed by atoms with van der Waals surface area (Å²) in [4.78, 5) is 54.0. The molecule has 2 aromatic rings. The highest BCUT2D eigenvalue weighted by atomic mass is 16.5. The number of likely N-dealkylation sites (tertiary alicyclic amines) is 1. The first kappa shape index (κ1) is 21.8. The zero-order valence-electron chi connectivity index (χ0n) is 19.1. The Hall–Kier alpha value is -3.74. The van der Waals surface area contributed by atoms with E-state index in [0.717, 1.165) is 16.9 Å². The molecule has 4 aliphatic carbocycles. The van der Waals surface area contributed by atoms with Crippen molar-refractivity contribution in [2.75, 3.05) is 11.9 Å². The number of allylic oxidation sites excluding steroid dienone is 2. The zero-order valence-corrected chi connectivity index (χ0v) is 19.1. The van der Waals surface area contributed by atoms with Gasteiger partial charge in [-0.05, 0) is 47.8 Å². The molecule has 2 aromatic carbocycles. The van der Waals surface area contributed by atoms with E-state index in [0.29, 0.717) is 17.5 Å². The van der Waals surface area contributed by atoms with Crippen LogP contribution < -0.4 is 5.32 Å². The molecule has 0 radical (unpaired) electrons. The van der Waals surface area contributed by atoms with Gasteiger partial charge in [-0.2, -0.15) is 0 Å². The number of ether oxygens (including phenoxy) is 1. The van der Waals surface area contributed by atoms with Crippen molar-refractivity contribution in [1.82, 2.24) is 4.90 Å². The summed E-state index contributed by atoms with van der Waals surface area (Å²) in [6.45, 7) is -0.501. The van der Waals surface area contributed by atoms with E-state index in [4.69, 9.17) is 4.74 Å². The molecule has 2 bridgehead atoms. The first-order chi connectivity index (χ1) is 17.0. The molecule has 2 saturated carbocycles. The van der Waals surface area contributed by atoms with Gasteiger partial charge in [0.2, 0.25) is 11.8 Å². The third-order valence-corrected chi connectivity index (χ3v) is 7.96. The summed E-state index contributed by atoms with van der Waals surface area (Å²) in [5.74, 6) is -1.49. The van der Waals surface area contributed by atoms with Crippen molar-refractivity contribution < 1.29 is 23.9 Å². The van der Waals surface area contributed by atoms with Gasteiger partial charge in [-0.3, -0.25) is 19.3 Å². The topological polar surface area (TPSA) is 92.8 Å². The summed E-state index contributed by atoms with van der Waals surface area (Å²) in [5, 5.41) is 2.67. The molecular weight excluding hydrogens is 444 g/mol. The first-order valence-corrected chi connectivity index (χ1v) is 12.1. The number of benzene rings is 2. The number of imide groups is 1. The van der Waals surface area contributed by atoms with E-state index in [1.54, 1.807) is 24.3 Å². The number of carbonyl (C=O) groups is 4. The average molecular weight is 471 g/mol. The highest BCUT2D eigenvalue weighted by Gasteiger charge is 2.68. The number of nitrogens with zero attached hydrogens (tertiary/aromatic N) is 1. The fraction of sp³-hybridized carbons (Fsp3) is 0.357. The number of rotatable bonds is 7. The van der Waals surface area contributed by atoms with Crippen LogP contribution in [0.3, 0.4) is 0 Å². The summed E-state index contributed by atoms with van der Waals surface area (Å²) in [5.41, 5.74) is 1.40. The second-order valence-electron chi connectivity index (χ2n) is 9.93. The Kier molecular flexibility index (Phi) is 5.28. The van der Waals surface area contributed by atoms with Crippen LogP contribution in [0.1, 0.15) is 12.0 Å². The van der Waals surface area contributed by atoms with Gasteiger partial charge in [0, 0.05) is 12.1 Å². The van der Waals surface area contributed by atoms with E-state index < -0.39 is 36.4 Å². The van der Waals surface area contributed by atoms with Crippen LogP contribution in [0.5, 0.6) is 0 Å². The highest BCUT2D eigenvalue weighted by molar-refractivity contribution is 6.09. The number of hydrogen-bond donors (Lipinski definition) is 1. The van der Waals surface area contributed by atoms with Gasteiger partial charge in [0.25, 0.3) is 5.91 Å². The second kappa shape index (κ2) is 8.48. The second-order valence-corrected chi connectivity index (χ2v) is 9.93. The fourth-order valence-corrected chi connectivity index (χ4v) is 6.36. The Morgan fingerprint density at radius 2 is 1.46 bits per heavy atom. The largest absolute Gasteiger partial charge is 0.454 e. The van der Waals surface area contributed by atoms with Gasteiger partial charge < -0.3 is 10.1 Å². The number of esters is 1. The Labute approximate surface area is 203 Å². The van der Waals surface area contributed by atoms with Crippen molar-refractivity contribution in [2.24, 2.45) is 35.5 Å². The van der Waals surface area contributed by atoms with Crippen LogP contribution >= 0.6 is 0 Å². The lowest BCUT2D eigenvalue weighted by Crippen LogP contribution is -2.48. The number of anilines is 1. The predicted octanol–water partition coefficient (Wildman–Crippen LogP) is 2.83. The maximum Gasteiger partial charge on any atom is 0.330 e. The van der Waals surface area contributed by atoms with E-state index in [-0.39, 0.29) is 30.1 Å². The Morgan fingerprint density at radius 1 is 0.886 bits per heavy atom. The third kappa shape index (κ3) is 3.75. The van der Waals surface area contributed by atoms with Crippen LogP contribution in [0, 0.1) is 35.5 Å².